The van der Waals surface area contributed by atoms with Crippen molar-refractivity contribution in [2.24, 2.45) is 5.73 Å². The highest BCUT2D eigenvalue weighted by Gasteiger charge is 2.12. The van der Waals surface area contributed by atoms with Gasteiger partial charge in [0.15, 0.2) is 0 Å². The monoisotopic (exact) mass is 216 g/mol. The first-order chi connectivity index (χ1) is 7.81. The predicted molar refractivity (Wildman–Crippen MR) is 61.5 cm³/mol. The number of halogens is 1. The predicted octanol–water partition coefficient (Wildman–Crippen LogP) is 2.31. The lowest BCUT2D eigenvalue weighted by Crippen LogP contribution is -2.14. The number of nitrogens with two attached hydrogens (primary N) is 1. The van der Waals surface area contributed by atoms with Crippen LogP contribution in [0, 0.1) is 5.82 Å². The highest BCUT2D eigenvalue weighted by molar-refractivity contribution is 5.31. The highest BCUT2D eigenvalue weighted by atomic mass is 19.1. The molecule has 0 saturated carbocycles. The van der Waals surface area contributed by atoms with Crippen LogP contribution in [0.5, 0.6) is 0 Å². The van der Waals surface area contributed by atoms with Gasteiger partial charge in [-0.25, -0.2) is 4.39 Å². The maximum atomic E-state index is 13.1. The van der Waals surface area contributed by atoms with Crippen LogP contribution in [0.4, 0.5) is 4.39 Å². The van der Waals surface area contributed by atoms with Gasteiger partial charge in [0.25, 0.3) is 0 Å². The van der Waals surface area contributed by atoms with E-state index in [2.05, 4.69) is 4.98 Å². The lowest BCUT2D eigenvalue weighted by molar-refractivity contribution is 0.623. The van der Waals surface area contributed by atoms with Gasteiger partial charge in [-0.15, -0.1) is 0 Å². The topological polar surface area (TPSA) is 38.9 Å². The summed E-state index contributed by atoms with van der Waals surface area (Å²) in [5.74, 6) is -0.205. The van der Waals surface area contributed by atoms with Crippen LogP contribution in [-0.2, 0) is 0 Å². The first kappa shape index (κ1) is 10.8. The third-order valence-corrected chi connectivity index (χ3v) is 2.60. The quantitative estimate of drug-likeness (QED) is 0.855. The number of hydrogen-bond donors (Lipinski definition) is 1. The first-order valence-electron chi connectivity index (χ1n) is 5.16. The molecule has 2 N–H and O–H groups in total. The Labute approximate surface area is 93.9 Å². The minimum absolute atomic E-state index is 0.0266. The zero-order chi connectivity index (χ0) is 11.4. The van der Waals surface area contributed by atoms with Crippen molar-refractivity contribution >= 4 is 0 Å². The largest absolute Gasteiger partial charge is 0.330 e. The summed E-state index contributed by atoms with van der Waals surface area (Å²) >= 11 is 0. The molecule has 0 amide bonds. The van der Waals surface area contributed by atoms with Crippen LogP contribution in [0.25, 0.3) is 0 Å². The summed E-state index contributed by atoms with van der Waals surface area (Å²) in [6.07, 6.45) is 3.44. The van der Waals surface area contributed by atoms with E-state index in [0.29, 0.717) is 6.54 Å². The summed E-state index contributed by atoms with van der Waals surface area (Å²) in [5.41, 5.74) is 7.70. The Balaban J connectivity index is 2.37. The second-order valence-electron chi connectivity index (χ2n) is 3.62. The third kappa shape index (κ3) is 2.25. The van der Waals surface area contributed by atoms with Gasteiger partial charge >= 0.3 is 0 Å². The lowest BCUT2D eigenvalue weighted by atomic mass is 9.92. The standard InChI is InChI=1S/C13H13FN2/c14-12-3-1-2-11(8-12)13(9-15)10-4-6-16-7-5-10/h1-8,13H,9,15H2. The molecule has 2 nitrogen and oxygen atoms in total. The van der Waals surface area contributed by atoms with Crippen molar-refractivity contribution in [1.82, 2.24) is 4.98 Å². The molecule has 2 rings (SSSR count). The van der Waals surface area contributed by atoms with E-state index >= 15 is 0 Å². The van der Waals surface area contributed by atoms with Gasteiger partial charge in [-0.1, -0.05) is 12.1 Å². The number of rotatable bonds is 3. The molecule has 2 aromatic rings. The van der Waals surface area contributed by atoms with E-state index in [9.17, 15) is 4.39 Å². The van der Waals surface area contributed by atoms with E-state index in [1.165, 1.54) is 12.1 Å². The average molecular weight is 216 g/mol. The zero-order valence-electron chi connectivity index (χ0n) is 8.81. The van der Waals surface area contributed by atoms with Crippen LogP contribution < -0.4 is 5.73 Å². The molecule has 1 aromatic heterocycles. The smallest absolute Gasteiger partial charge is 0.123 e. The van der Waals surface area contributed by atoms with Gasteiger partial charge in [-0.3, -0.25) is 4.98 Å². The molecule has 1 aromatic carbocycles. The fraction of sp³-hybridized carbons (Fsp3) is 0.154. The van der Waals surface area contributed by atoms with Crippen molar-refractivity contribution in [1.29, 1.82) is 0 Å². The van der Waals surface area contributed by atoms with Crippen LogP contribution in [-0.4, -0.2) is 11.5 Å². The summed E-state index contributed by atoms with van der Waals surface area (Å²) < 4.78 is 13.1. The molecule has 0 spiro atoms. The second-order valence-corrected chi connectivity index (χ2v) is 3.62. The van der Waals surface area contributed by atoms with E-state index < -0.39 is 0 Å². The van der Waals surface area contributed by atoms with Gasteiger partial charge in [-0.2, -0.15) is 0 Å². The van der Waals surface area contributed by atoms with E-state index in [1.807, 2.05) is 18.2 Å². The third-order valence-electron chi connectivity index (χ3n) is 2.60. The van der Waals surface area contributed by atoms with Crippen molar-refractivity contribution in [2.75, 3.05) is 6.54 Å². The zero-order valence-corrected chi connectivity index (χ0v) is 8.81. The average Bonchev–Trinajstić information content (AvgIpc) is 2.31. The van der Waals surface area contributed by atoms with E-state index in [4.69, 9.17) is 5.73 Å². The summed E-state index contributed by atoms with van der Waals surface area (Å²) in [7, 11) is 0. The molecule has 0 aliphatic heterocycles. The Morgan fingerprint density at radius 2 is 1.88 bits per heavy atom. The van der Waals surface area contributed by atoms with Crippen LogP contribution in [0.3, 0.4) is 0 Å². The molecule has 1 atom stereocenters. The van der Waals surface area contributed by atoms with Gasteiger partial charge in [0, 0.05) is 24.9 Å². The van der Waals surface area contributed by atoms with Crippen molar-refractivity contribution < 1.29 is 4.39 Å². The normalized spacial score (nSPS) is 12.4. The molecular weight excluding hydrogens is 203 g/mol. The van der Waals surface area contributed by atoms with Gasteiger partial charge in [0.05, 0.1) is 0 Å². The molecule has 0 radical (unpaired) electrons. The second kappa shape index (κ2) is 4.86. The molecule has 3 heteroatoms. The molecule has 0 aliphatic carbocycles. The summed E-state index contributed by atoms with van der Waals surface area (Å²) in [6.45, 7) is 0.452. The number of aromatic nitrogens is 1. The fourth-order valence-corrected chi connectivity index (χ4v) is 1.78. The summed E-state index contributed by atoms with van der Waals surface area (Å²) in [6, 6.07) is 10.4. The number of nitrogens with zero attached hydrogens (tertiary/aromatic N) is 1. The van der Waals surface area contributed by atoms with E-state index in [-0.39, 0.29) is 11.7 Å². The maximum absolute atomic E-state index is 13.1. The van der Waals surface area contributed by atoms with Crippen molar-refractivity contribution in [3.63, 3.8) is 0 Å². The van der Waals surface area contributed by atoms with Crippen molar-refractivity contribution in [3.05, 3.63) is 65.7 Å². The molecule has 0 aliphatic rings. The summed E-state index contributed by atoms with van der Waals surface area (Å²) in [4.78, 5) is 3.96. The Morgan fingerprint density at radius 1 is 1.12 bits per heavy atom. The Bertz CT molecular complexity index is 456. The fourth-order valence-electron chi connectivity index (χ4n) is 1.78. The molecule has 1 unspecified atom stereocenters. The van der Waals surface area contributed by atoms with Crippen LogP contribution in [0.15, 0.2) is 48.8 Å². The van der Waals surface area contributed by atoms with Crippen LogP contribution >= 0.6 is 0 Å². The molecular formula is C13H13FN2. The SMILES string of the molecule is NCC(c1ccncc1)c1cccc(F)c1. The Kier molecular flexibility index (Phi) is 3.27. The van der Waals surface area contributed by atoms with E-state index in [1.54, 1.807) is 18.5 Å². The van der Waals surface area contributed by atoms with Gasteiger partial charge in [-0.05, 0) is 35.4 Å². The number of hydrogen-bond acceptors (Lipinski definition) is 2. The minimum atomic E-state index is -0.231. The molecule has 0 fully saturated rings. The molecule has 82 valence electrons. The van der Waals surface area contributed by atoms with Crippen molar-refractivity contribution in [3.8, 4) is 0 Å². The molecule has 1 heterocycles. The van der Waals surface area contributed by atoms with Gasteiger partial charge < -0.3 is 5.73 Å². The Morgan fingerprint density at radius 3 is 2.50 bits per heavy atom. The van der Waals surface area contributed by atoms with E-state index in [0.717, 1.165) is 11.1 Å². The molecule has 16 heavy (non-hydrogen) atoms. The minimum Gasteiger partial charge on any atom is -0.330 e. The van der Waals surface area contributed by atoms with Crippen molar-refractivity contribution in [2.45, 2.75) is 5.92 Å². The van der Waals surface area contributed by atoms with Gasteiger partial charge in [0.1, 0.15) is 5.82 Å². The lowest BCUT2D eigenvalue weighted by Gasteiger charge is -2.15. The van der Waals surface area contributed by atoms with Gasteiger partial charge in [0.2, 0.25) is 0 Å². The summed E-state index contributed by atoms with van der Waals surface area (Å²) in [5, 5.41) is 0. The number of benzene rings is 1. The van der Waals surface area contributed by atoms with Crippen LogP contribution in [0.2, 0.25) is 0 Å². The molecule has 0 saturated heterocycles. The Hall–Kier alpha value is -1.74. The number of pyridine rings is 1. The molecule has 0 bridgehead atoms. The maximum Gasteiger partial charge on any atom is 0.123 e. The van der Waals surface area contributed by atoms with Crippen LogP contribution in [0.1, 0.15) is 17.0 Å². The first-order valence-corrected chi connectivity index (χ1v) is 5.16. The highest BCUT2D eigenvalue weighted by Crippen LogP contribution is 2.23.